The molecule has 1 aliphatic rings. The molecule has 2 aromatic carbocycles. The molecule has 2 aromatic rings. The largest absolute Gasteiger partial charge is 0.417 e. The zero-order chi connectivity index (χ0) is 22.1. The molecule has 0 aliphatic carbocycles. The number of anilines is 1. The van der Waals surface area contributed by atoms with Gasteiger partial charge in [0.15, 0.2) is 11.6 Å². The number of piperidine rings is 1. The number of benzene rings is 2. The zero-order valence-corrected chi connectivity index (χ0v) is 16.2. The number of alkyl halides is 3. The van der Waals surface area contributed by atoms with Gasteiger partial charge in [0.05, 0.1) is 16.1 Å². The Hall–Kier alpha value is -2.53. The van der Waals surface area contributed by atoms with Crippen LogP contribution in [0.5, 0.6) is 0 Å². The van der Waals surface area contributed by atoms with Crippen molar-refractivity contribution >= 4 is 21.6 Å². The average Bonchev–Trinajstić information content (AvgIpc) is 2.71. The first kappa shape index (κ1) is 22.2. The monoisotopic (exact) mass is 448 g/mol. The average molecular weight is 448 g/mol. The number of carbonyl (C=O) groups is 1. The molecule has 162 valence electrons. The van der Waals surface area contributed by atoms with Gasteiger partial charge >= 0.3 is 6.18 Å². The predicted octanol–water partition coefficient (Wildman–Crippen LogP) is 4.02. The first-order valence-electron chi connectivity index (χ1n) is 8.93. The Morgan fingerprint density at radius 1 is 1.00 bits per heavy atom. The highest BCUT2D eigenvalue weighted by Gasteiger charge is 2.40. The second-order valence-electron chi connectivity index (χ2n) is 6.76. The van der Waals surface area contributed by atoms with Crippen molar-refractivity contribution in [3.8, 4) is 0 Å². The van der Waals surface area contributed by atoms with Crippen molar-refractivity contribution in [3.05, 3.63) is 59.7 Å². The molecule has 1 fully saturated rings. The predicted molar refractivity (Wildman–Crippen MR) is 97.9 cm³/mol. The number of carbonyl (C=O) groups excluding carboxylic acids is 1. The van der Waals surface area contributed by atoms with E-state index in [1.165, 1.54) is 18.2 Å². The van der Waals surface area contributed by atoms with E-state index < -0.39 is 50.1 Å². The minimum Gasteiger partial charge on any atom is -0.323 e. The van der Waals surface area contributed by atoms with Crippen LogP contribution in [0.1, 0.15) is 18.4 Å². The second kappa shape index (κ2) is 8.31. The summed E-state index contributed by atoms with van der Waals surface area (Å²) in [7, 11) is -4.42. The summed E-state index contributed by atoms with van der Waals surface area (Å²) in [5.74, 6) is -3.66. The van der Waals surface area contributed by atoms with Gasteiger partial charge in [0.25, 0.3) is 0 Å². The molecule has 0 saturated carbocycles. The van der Waals surface area contributed by atoms with Crippen LogP contribution in [-0.4, -0.2) is 31.7 Å². The molecular weight excluding hydrogens is 431 g/mol. The van der Waals surface area contributed by atoms with Crippen LogP contribution in [0, 0.1) is 17.6 Å². The van der Waals surface area contributed by atoms with Gasteiger partial charge < -0.3 is 5.32 Å². The van der Waals surface area contributed by atoms with Crippen molar-refractivity contribution in [1.29, 1.82) is 0 Å². The number of amides is 1. The molecule has 11 heteroatoms. The topological polar surface area (TPSA) is 66.5 Å². The number of hydrogen-bond donors (Lipinski definition) is 1. The summed E-state index contributed by atoms with van der Waals surface area (Å²) in [6, 6.07) is 7.20. The summed E-state index contributed by atoms with van der Waals surface area (Å²) in [4.78, 5) is 11.5. The van der Waals surface area contributed by atoms with E-state index >= 15 is 0 Å². The first-order chi connectivity index (χ1) is 14.0. The Labute approximate surface area is 169 Å². The molecule has 1 heterocycles. The molecule has 5 nitrogen and oxygen atoms in total. The summed E-state index contributed by atoms with van der Waals surface area (Å²) in [6.07, 6.45) is -4.79. The van der Waals surface area contributed by atoms with Crippen molar-refractivity contribution in [2.45, 2.75) is 23.9 Å². The molecule has 3 rings (SSSR count). The second-order valence-corrected chi connectivity index (χ2v) is 8.67. The Morgan fingerprint density at radius 3 is 2.27 bits per heavy atom. The van der Waals surface area contributed by atoms with Crippen LogP contribution in [-0.2, 0) is 21.0 Å². The van der Waals surface area contributed by atoms with E-state index in [1.807, 2.05) is 0 Å². The lowest BCUT2D eigenvalue weighted by Crippen LogP contribution is -2.42. The summed E-state index contributed by atoms with van der Waals surface area (Å²) in [5, 5.41) is 2.26. The lowest BCUT2D eigenvalue weighted by molar-refractivity contribution is -0.139. The quantitative estimate of drug-likeness (QED) is 0.719. The van der Waals surface area contributed by atoms with E-state index in [0.717, 1.165) is 22.5 Å². The molecular formula is C19H17F5N2O3S. The van der Waals surface area contributed by atoms with Crippen LogP contribution in [0.4, 0.5) is 27.6 Å². The van der Waals surface area contributed by atoms with E-state index in [-0.39, 0.29) is 31.6 Å². The number of halogens is 5. The van der Waals surface area contributed by atoms with Crippen LogP contribution >= 0.6 is 0 Å². The van der Waals surface area contributed by atoms with E-state index in [9.17, 15) is 35.2 Å². The van der Waals surface area contributed by atoms with Gasteiger partial charge in [0, 0.05) is 19.0 Å². The minimum atomic E-state index is -4.84. The first-order valence-corrected chi connectivity index (χ1v) is 10.4. The summed E-state index contributed by atoms with van der Waals surface area (Å²) < 4.78 is 92.9. The van der Waals surface area contributed by atoms with Crippen LogP contribution in [0.2, 0.25) is 0 Å². The molecule has 30 heavy (non-hydrogen) atoms. The third kappa shape index (κ3) is 4.46. The molecule has 0 radical (unpaired) electrons. The van der Waals surface area contributed by atoms with Gasteiger partial charge in [-0.2, -0.15) is 17.5 Å². The van der Waals surface area contributed by atoms with Gasteiger partial charge in [-0.05, 0) is 37.1 Å². The van der Waals surface area contributed by atoms with Gasteiger partial charge in [0.2, 0.25) is 15.9 Å². The fourth-order valence-corrected chi connectivity index (χ4v) is 4.94. The van der Waals surface area contributed by atoms with Crippen molar-refractivity contribution in [2.75, 3.05) is 18.4 Å². The van der Waals surface area contributed by atoms with E-state index in [1.54, 1.807) is 0 Å². The highest BCUT2D eigenvalue weighted by atomic mass is 32.2. The number of sulfonamides is 1. The highest BCUT2D eigenvalue weighted by molar-refractivity contribution is 7.89. The van der Waals surface area contributed by atoms with E-state index in [4.69, 9.17) is 0 Å². The molecule has 0 aromatic heterocycles. The van der Waals surface area contributed by atoms with Crippen LogP contribution < -0.4 is 5.32 Å². The summed E-state index contributed by atoms with van der Waals surface area (Å²) in [5.41, 5.74) is -1.60. The fourth-order valence-electron chi connectivity index (χ4n) is 3.26. The maximum atomic E-state index is 13.7. The zero-order valence-electron chi connectivity index (χ0n) is 15.4. The maximum absolute atomic E-state index is 13.7. The maximum Gasteiger partial charge on any atom is 0.417 e. The molecule has 1 aliphatic heterocycles. The van der Waals surface area contributed by atoms with E-state index in [2.05, 4.69) is 5.32 Å². The van der Waals surface area contributed by atoms with E-state index in [0.29, 0.717) is 6.07 Å². The SMILES string of the molecule is O=C(Nc1cccc(F)c1F)C1CCN(S(=O)(=O)c2ccccc2C(F)(F)F)CC1. The molecule has 0 unspecified atom stereocenters. The van der Waals surface area contributed by atoms with Gasteiger partial charge in [-0.25, -0.2) is 17.2 Å². The third-order valence-corrected chi connectivity index (χ3v) is 6.80. The molecule has 0 bridgehead atoms. The molecule has 1 saturated heterocycles. The Balaban J connectivity index is 1.71. The van der Waals surface area contributed by atoms with Crippen molar-refractivity contribution in [3.63, 3.8) is 0 Å². The molecule has 1 amide bonds. The lowest BCUT2D eigenvalue weighted by atomic mass is 9.97. The van der Waals surface area contributed by atoms with Crippen LogP contribution in [0.25, 0.3) is 0 Å². The van der Waals surface area contributed by atoms with Crippen molar-refractivity contribution < 1.29 is 35.2 Å². The van der Waals surface area contributed by atoms with Gasteiger partial charge in [-0.3, -0.25) is 4.79 Å². The van der Waals surface area contributed by atoms with Gasteiger partial charge in [0.1, 0.15) is 0 Å². The van der Waals surface area contributed by atoms with Gasteiger partial charge in [-0.15, -0.1) is 0 Å². The summed E-state index contributed by atoms with van der Waals surface area (Å²) >= 11 is 0. The Kier molecular flexibility index (Phi) is 6.14. The van der Waals surface area contributed by atoms with Gasteiger partial charge in [-0.1, -0.05) is 18.2 Å². The molecule has 1 N–H and O–H groups in total. The fraction of sp³-hybridized carbons (Fsp3) is 0.316. The Morgan fingerprint density at radius 2 is 1.63 bits per heavy atom. The smallest absolute Gasteiger partial charge is 0.323 e. The van der Waals surface area contributed by atoms with Crippen molar-refractivity contribution in [1.82, 2.24) is 4.31 Å². The standard InChI is InChI=1S/C19H17F5N2O3S/c20-14-5-3-6-15(17(14)21)25-18(27)12-8-10-26(11-9-12)30(28,29)16-7-2-1-4-13(16)19(22,23)24/h1-7,12H,8-11H2,(H,25,27). The highest BCUT2D eigenvalue weighted by Crippen LogP contribution is 2.36. The summed E-state index contributed by atoms with van der Waals surface area (Å²) in [6.45, 7) is -0.365. The lowest BCUT2D eigenvalue weighted by Gasteiger charge is -2.31. The number of rotatable bonds is 4. The van der Waals surface area contributed by atoms with Crippen LogP contribution in [0.15, 0.2) is 47.4 Å². The van der Waals surface area contributed by atoms with Crippen LogP contribution in [0.3, 0.4) is 0 Å². The Bertz CT molecular complexity index is 1050. The number of hydrogen-bond acceptors (Lipinski definition) is 3. The number of nitrogens with one attached hydrogen (secondary N) is 1. The normalized spacial score (nSPS) is 16.4. The molecule has 0 atom stereocenters. The molecule has 0 spiro atoms. The number of nitrogens with zero attached hydrogens (tertiary/aromatic N) is 1. The third-order valence-electron chi connectivity index (χ3n) is 4.84. The van der Waals surface area contributed by atoms with Crippen molar-refractivity contribution in [2.24, 2.45) is 5.92 Å². The minimum absolute atomic E-state index is 0.0240.